The highest BCUT2D eigenvalue weighted by molar-refractivity contribution is 6.21. The Morgan fingerprint density at radius 2 is 1.67 bits per heavy atom. The number of rotatable bonds is 3. The number of carbonyl (C=O) groups excluding carboxylic acids is 1. The lowest BCUT2D eigenvalue weighted by atomic mass is 10.0. The molecule has 0 heterocycles. The molecule has 2 nitrogen and oxygen atoms in total. The fraction of sp³-hybridized carbons (Fsp3) is 0.600. The van der Waals surface area contributed by atoms with E-state index in [-0.39, 0.29) is 5.78 Å². The molecule has 0 aliphatic carbocycles. The molecule has 0 aliphatic rings. The number of carbonyl (C=O) groups is 1. The molecule has 0 radical (unpaired) electrons. The number of hydrogen-bond donors (Lipinski definition) is 0. The van der Waals surface area contributed by atoms with Gasteiger partial charge in [0.15, 0.2) is 5.78 Å². The summed E-state index contributed by atoms with van der Waals surface area (Å²) in [6, 6.07) is 0. The first-order valence-corrected chi connectivity index (χ1v) is 4.20. The van der Waals surface area contributed by atoms with E-state index in [0.717, 1.165) is 23.4 Å². The summed E-state index contributed by atoms with van der Waals surface area (Å²) >= 11 is 0. The van der Waals surface area contributed by atoms with E-state index in [1.54, 1.807) is 6.92 Å². The van der Waals surface area contributed by atoms with E-state index in [4.69, 9.17) is 0 Å². The Labute approximate surface area is 74.4 Å². The fourth-order valence-electron chi connectivity index (χ4n) is 1.28. The second-order valence-corrected chi connectivity index (χ2v) is 2.99. The molecule has 0 aromatic carbocycles. The van der Waals surface area contributed by atoms with Crippen molar-refractivity contribution in [1.82, 2.24) is 0 Å². The SMILES string of the molecule is CCN=C(C)C(C(C)=O)=C(C)C. The van der Waals surface area contributed by atoms with E-state index in [0.29, 0.717) is 0 Å². The third-order valence-corrected chi connectivity index (χ3v) is 1.61. The van der Waals surface area contributed by atoms with Crippen molar-refractivity contribution in [2.45, 2.75) is 34.6 Å². The smallest absolute Gasteiger partial charge is 0.161 e. The van der Waals surface area contributed by atoms with Crippen LogP contribution in [0.3, 0.4) is 0 Å². The van der Waals surface area contributed by atoms with Crippen molar-refractivity contribution in [3.05, 3.63) is 11.1 Å². The number of nitrogens with zero attached hydrogens (tertiary/aromatic N) is 1. The van der Waals surface area contributed by atoms with E-state index >= 15 is 0 Å². The number of allylic oxidation sites excluding steroid dienone is 2. The normalized spacial score (nSPS) is 11.2. The Balaban J connectivity index is 4.92. The van der Waals surface area contributed by atoms with Crippen LogP contribution in [-0.4, -0.2) is 18.0 Å². The summed E-state index contributed by atoms with van der Waals surface area (Å²) in [5.74, 6) is 0.102. The third-order valence-electron chi connectivity index (χ3n) is 1.61. The number of Topliss-reactive ketones (excluding diaryl/α,β-unsaturated/α-hetero) is 1. The Morgan fingerprint density at radius 1 is 1.17 bits per heavy atom. The maximum atomic E-state index is 11.2. The average molecular weight is 167 g/mol. The molecule has 0 amide bonds. The zero-order valence-electron chi connectivity index (χ0n) is 8.56. The molecule has 0 aliphatic heterocycles. The Hall–Kier alpha value is -0.920. The fourth-order valence-corrected chi connectivity index (χ4v) is 1.28. The molecular weight excluding hydrogens is 150 g/mol. The second-order valence-electron chi connectivity index (χ2n) is 2.99. The zero-order chi connectivity index (χ0) is 9.72. The lowest BCUT2D eigenvalue weighted by Crippen LogP contribution is -2.08. The minimum absolute atomic E-state index is 0.102. The van der Waals surface area contributed by atoms with E-state index < -0.39 is 0 Å². The lowest BCUT2D eigenvalue weighted by molar-refractivity contribution is -0.113. The molecule has 0 aromatic heterocycles. The molecule has 0 atom stereocenters. The predicted molar refractivity (Wildman–Crippen MR) is 52.7 cm³/mol. The molecule has 0 bridgehead atoms. The van der Waals surface area contributed by atoms with E-state index in [2.05, 4.69) is 4.99 Å². The van der Waals surface area contributed by atoms with Crippen LogP contribution in [0.2, 0.25) is 0 Å². The molecule has 0 N–H and O–H groups in total. The average Bonchev–Trinajstić information content (AvgIpc) is 1.85. The molecule has 0 rings (SSSR count). The van der Waals surface area contributed by atoms with Gasteiger partial charge in [-0.1, -0.05) is 5.57 Å². The quantitative estimate of drug-likeness (QED) is 0.469. The molecule has 68 valence electrons. The maximum Gasteiger partial charge on any atom is 0.161 e. The number of ketones is 1. The zero-order valence-corrected chi connectivity index (χ0v) is 8.56. The largest absolute Gasteiger partial charge is 0.294 e. The van der Waals surface area contributed by atoms with Gasteiger partial charge >= 0.3 is 0 Å². The highest BCUT2D eigenvalue weighted by Gasteiger charge is 2.08. The summed E-state index contributed by atoms with van der Waals surface area (Å²) in [6.07, 6.45) is 0. The summed E-state index contributed by atoms with van der Waals surface area (Å²) < 4.78 is 0. The van der Waals surface area contributed by atoms with Gasteiger partial charge in [-0.25, -0.2) is 0 Å². The van der Waals surface area contributed by atoms with Crippen LogP contribution in [0.1, 0.15) is 34.6 Å². The summed E-state index contributed by atoms with van der Waals surface area (Å²) in [7, 11) is 0. The van der Waals surface area contributed by atoms with Crippen molar-refractivity contribution in [2.75, 3.05) is 6.54 Å². The van der Waals surface area contributed by atoms with E-state index in [1.807, 2.05) is 27.7 Å². The van der Waals surface area contributed by atoms with Crippen molar-refractivity contribution in [1.29, 1.82) is 0 Å². The van der Waals surface area contributed by atoms with Crippen LogP contribution >= 0.6 is 0 Å². The van der Waals surface area contributed by atoms with Gasteiger partial charge in [-0.3, -0.25) is 9.79 Å². The van der Waals surface area contributed by atoms with Gasteiger partial charge in [-0.05, 0) is 34.6 Å². The molecule has 0 aromatic rings. The van der Waals surface area contributed by atoms with Gasteiger partial charge in [-0.2, -0.15) is 0 Å². The molecular formula is C10H17NO. The van der Waals surface area contributed by atoms with Crippen LogP contribution in [0.15, 0.2) is 16.1 Å². The molecule has 0 saturated heterocycles. The highest BCUT2D eigenvalue weighted by Crippen LogP contribution is 2.07. The molecule has 0 unspecified atom stereocenters. The second kappa shape index (κ2) is 4.86. The van der Waals surface area contributed by atoms with Crippen molar-refractivity contribution in [3.8, 4) is 0 Å². The van der Waals surface area contributed by atoms with Gasteiger partial charge in [0.05, 0.1) is 0 Å². The molecule has 2 heteroatoms. The predicted octanol–water partition coefficient (Wildman–Crippen LogP) is 2.39. The molecule has 0 spiro atoms. The highest BCUT2D eigenvalue weighted by atomic mass is 16.1. The van der Waals surface area contributed by atoms with Gasteiger partial charge in [-0.15, -0.1) is 0 Å². The van der Waals surface area contributed by atoms with Crippen molar-refractivity contribution in [2.24, 2.45) is 4.99 Å². The van der Waals surface area contributed by atoms with Crippen LogP contribution in [0.25, 0.3) is 0 Å². The third kappa shape index (κ3) is 2.99. The van der Waals surface area contributed by atoms with Crippen LogP contribution < -0.4 is 0 Å². The first-order chi connectivity index (χ1) is 5.50. The summed E-state index contributed by atoms with van der Waals surface area (Å²) in [6.45, 7) is 10.0. The number of hydrogen-bond acceptors (Lipinski definition) is 2. The molecule has 12 heavy (non-hydrogen) atoms. The summed E-state index contributed by atoms with van der Waals surface area (Å²) in [4.78, 5) is 15.4. The summed E-state index contributed by atoms with van der Waals surface area (Å²) in [5.41, 5.74) is 2.67. The van der Waals surface area contributed by atoms with E-state index in [9.17, 15) is 4.79 Å². The van der Waals surface area contributed by atoms with Crippen LogP contribution in [0, 0.1) is 0 Å². The standard InChI is InChI=1S/C10H17NO/c1-6-11-8(4)10(7(2)3)9(5)12/h6H2,1-5H3. The number of aliphatic imine (C=N–C) groups is 1. The van der Waals surface area contributed by atoms with Gasteiger partial charge in [0.2, 0.25) is 0 Å². The van der Waals surface area contributed by atoms with Gasteiger partial charge < -0.3 is 0 Å². The van der Waals surface area contributed by atoms with Gasteiger partial charge in [0, 0.05) is 17.8 Å². The molecule has 0 fully saturated rings. The van der Waals surface area contributed by atoms with Crippen molar-refractivity contribution < 1.29 is 4.79 Å². The van der Waals surface area contributed by atoms with Crippen LogP contribution in [-0.2, 0) is 4.79 Å². The lowest BCUT2D eigenvalue weighted by Gasteiger charge is -2.04. The molecule has 0 saturated carbocycles. The first-order valence-electron chi connectivity index (χ1n) is 4.20. The topological polar surface area (TPSA) is 29.4 Å². The monoisotopic (exact) mass is 167 g/mol. The first kappa shape index (κ1) is 11.1. The Bertz CT molecular complexity index is 232. The Kier molecular flexibility index (Phi) is 4.49. The maximum absolute atomic E-state index is 11.2. The minimum atomic E-state index is 0.102. The van der Waals surface area contributed by atoms with Crippen molar-refractivity contribution >= 4 is 11.5 Å². The van der Waals surface area contributed by atoms with Crippen LogP contribution in [0.4, 0.5) is 0 Å². The van der Waals surface area contributed by atoms with Crippen molar-refractivity contribution in [3.63, 3.8) is 0 Å². The minimum Gasteiger partial charge on any atom is -0.294 e. The summed E-state index contributed by atoms with van der Waals surface area (Å²) in [5, 5.41) is 0. The Morgan fingerprint density at radius 3 is 1.92 bits per heavy atom. The van der Waals surface area contributed by atoms with Gasteiger partial charge in [0.1, 0.15) is 0 Å². The van der Waals surface area contributed by atoms with Gasteiger partial charge in [0.25, 0.3) is 0 Å². The van der Waals surface area contributed by atoms with E-state index in [1.165, 1.54) is 0 Å². The van der Waals surface area contributed by atoms with Crippen LogP contribution in [0.5, 0.6) is 0 Å².